The molecule has 0 aliphatic carbocycles. The Balaban J connectivity index is 1.84. The van der Waals surface area contributed by atoms with Gasteiger partial charge in [0, 0.05) is 12.2 Å². The molecule has 9 nitrogen and oxygen atoms in total. The van der Waals surface area contributed by atoms with E-state index >= 15 is 0 Å². The fourth-order valence-electron chi connectivity index (χ4n) is 2.95. The van der Waals surface area contributed by atoms with Crippen molar-refractivity contribution in [1.82, 2.24) is 19.5 Å². The van der Waals surface area contributed by atoms with Gasteiger partial charge in [0.1, 0.15) is 24.3 Å². The average molecular weight is 352 g/mol. The molecule has 9 heteroatoms. The number of carbonyl (C=O) groups is 1. The summed E-state index contributed by atoms with van der Waals surface area (Å²) < 4.78 is 7.04. The first-order valence-electron chi connectivity index (χ1n) is 8.14. The SMILES string of the molecule is CCn1cnc2ccc(N3CCOc4ncnc(N)c4C3=O)cc2c1=O. The van der Waals surface area contributed by atoms with Crippen LogP contribution in [0.1, 0.15) is 17.3 Å². The standard InChI is InChI=1S/C17H16N6O3/c1-2-22-9-21-12-4-3-10(7-11(12)16(22)24)23-5-6-26-15-13(17(23)25)14(18)19-8-20-15/h3-4,7-9H,2,5-6H2,1H3,(H2,18,19,20). The van der Waals surface area contributed by atoms with E-state index in [0.717, 1.165) is 0 Å². The Labute approximate surface area is 148 Å². The summed E-state index contributed by atoms with van der Waals surface area (Å²) in [5.74, 6) is -0.141. The fourth-order valence-corrected chi connectivity index (χ4v) is 2.95. The van der Waals surface area contributed by atoms with Crippen molar-refractivity contribution >= 4 is 28.3 Å². The molecule has 2 N–H and O–H groups in total. The molecule has 0 saturated heterocycles. The highest BCUT2D eigenvalue weighted by atomic mass is 16.5. The van der Waals surface area contributed by atoms with Crippen molar-refractivity contribution in [3.05, 3.63) is 46.8 Å². The lowest BCUT2D eigenvalue weighted by molar-refractivity contribution is 0.0990. The largest absolute Gasteiger partial charge is 0.475 e. The van der Waals surface area contributed by atoms with Crippen LogP contribution in [0, 0.1) is 0 Å². The maximum Gasteiger partial charge on any atom is 0.267 e. The van der Waals surface area contributed by atoms with E-state index in [4.69, 9.17) is 10.5 Å². The van der Waals surface area contributed by atoms with Gasteiger partial charge in [-0.15, -0.1) is 0 Å². The van der Waals surface area contributed by atoms with Crippen molar-refractivity contribution < 1.29 is 9.53 Å². The summed E-state index contributed by atoms with van der Waals surface area (Å²) in [4.78, 5) is 39.2. The molecule has 2 aromatic heterocycles. The normalized spacial score (nSPS) is 14.0. The van der Waals surface area contributed by atoms with Gasteiger partial charge in [-0.2, -0.15) is 0 Å². The lowest BCUT2D eigenvalue weighted by atomic mass is 10.1. The number of aryl methyl sites for hydroxylation is 1. The number of rotatable bonds is 2. The highest BCUT2D eigenvalue weighted by Crippen LogP contribution is 2.28. The van der Waals surface area contributed by atoms with Crippen LogP contribution < -0.4 is 20.9 Å². The van der Waals surface area contributed by atoms with E-state index in [1.54, 1.807) is 18.2 Å². The van der Waals surface area contributed by atoms with E-state index in [2.05, 4.69) is 15.0 Å². The van der Waals surface area contributed by atoms with Crippen LogP contribution in [-0.2, 0) is 6.54 Å². The second-order valence-corrected chi connectivity index (χ2v) is 5.78. The van der Waals surface area contributed by atoms with Crippen LogP contribution in [0.15, 0.2) is 35.6 Å². The summed E-state index contributed by atoms with van der Waals surface area (Å²) in [6.07, 6.45) is 2.77. The summed E-state index contributed by atoms with van der Waals surface area (Å²) in [5.41, 5.74) is 6.97. The predicted molar refractivity (Wildman–Crippen MR) is 95.3 cm³/mol. The van der Waals surface area contributed by atoms with Crippen LogP contribution in [0.25, 0.3) is 10.9 Å². The van der Waals surface area contributed by atoms with E-state index in [0.29, 0.717) is 29.7 Å². The number of benzene rings is 1. The molecule has 132 valence electrons. The minimum absolute atomic E-state index is 0.0581. The molecule has 0 saturated carbocycles. The Morgan fingerprint density at radius 2 is 2.08 bits per heavy atom. The zero-order valence-electron chi connectivity index (χ0n) is 14.0. The number of ether oxygens (including phenoxy) is 1. The first-order chi connectivity index (χ1) is 12.6. The number of nitrogens with zero attached hydrogens (tertiary/aromatic N) is 5. The van der Waals surface area contributed by atoms with Crippen LogP contribution in [0.5, 0.6) is 5.88 Å². The maximum absolute atomic E-state index is 13.0. The van der Waals surface area contributed by atoms with Gasteiger partial charge >= 0.3 is 0 Å². The first kappa shape index (κ1) is 16.0. The monoisotopic (exact) mass is 352 g/mol. The van der Waals surface area contributed by atoms with Crippen LogP contribution in [0.3, 0.4) is 0 Å². The molecule has 0 spiro atoms. The number of nitrogen functional groups attached to an aromatic ring is 1. The molecule has 0 unspecified atom stereocenters. The molecule has 0 radical (unpaired) electrons. The molecular formula is C17H16N6O3. The van der Waals surface area contributed by atoms with Gasteiger partial charge in [0.2, 0.25) is 5.88 Å². The van der Waals surface area contributed by atoms with Gasteiger partial charge in [0.15, 0.2) is 0 Å². The van der Waals surface area contributed by atoms with Crippen molar-refractivity contribution in [2.45, 2.75) is 13.5 Å². The number of amides is 1. The second kappa shape index (κ2) is 6.10. The average Bonchev–Trinajstić information content (AvgIpc) is 2.82. The zero-order chi connectivity index (χ0) is 18.3. The summed E-state index contributed by atoms with van der Waals surface area (Å²) in [6.45, 7) is 2.93. The predicted octanol–water partition coefficient (Wildman–Crippen LogP) is 0.828. The van der Waals surface area contributed by atoms with Gasteiger partial charge < -0.3 is 15.4 Å². The van der Waals surface area contributed by atoms with Gasteiger partial charge in [0.05, 0.1) is 23.8 Å². The molecule has 0 atom stereocenters. The Morgan fingerprint density at radius 3 is 2.88 bits per heavy atom. The highest BCUT2D eigenvalue weighted by molar-refractivity contribution is 6.11. The van der Waals surface area contributed by atoms with Gasteiger partial charge in [-0.3, -0.25) is 14.2 Å². The van der Waals surface area contributed by atoms with Crippen LogP contribution in [0.2, 0.25) is 0 Å². The minimum Gasteiger partial charge on any atom is -0.475 e. The van der Waals surface area contributed by atoms with Crippen LogP contribution in [-0.4, -0.2) is 38.6 Å². The Bertz CT molecular complexity index is 1080. The van der Waals surface area contributed by atoms with Gasteiger partial charge in [-0.05, 0) is 25.1 Å². The number of anilines is 2. The third kappa shape index (κ3) is 2.44. The fraction of sp³-hybridized carbons (Fsp3) is 0.235. The topological polar surface area (TPSA) is 116 Å². The quantitative estimate of drug-likeness (QED) is 0.726. The molecule has 26 heavy (non-hydrogen) atoms. The molecule has 4 rings (SSSR count). The van der Waals surface area contributed by atoms with E-state index in [1.165, 1.54) is 22.1 Å². The van der Waals surface area contributed by atoms with Crippen molar-refractivity contribution in [1.29, 1.82) is 0 Å². The van der Waals surface area contributed by atoms with Gasteiger partial charge in [-0.25, -0.2) is 15.0 Å². The maximum atomic E-state index is 13.0. The summed E-state index contributed by atoms with van der Waals surface area (Å²) in [5, 5.41) is 0.447. The number of aromatic nitrogens is 4. The van der Waals surface area contributed by atoms with Crippen molar-refractivity contribution in [3.63, 3.8) is 0 Å². The number of hydrogen-bond donors (Lipinski definition) is 1. The van der Waals surface area contributed by atoms with Crippen molar-refractivity contribution in [3.8, 4) is 5.88 Å². The molecule has 1 aromatic carbocycles. The summed E-state index contributed by atoms with van der Waals surface area (Å²) >= 11 is 0. The molecule has 3 heterocycles. The first-order valence-corrected chi connectivity index (χ1v) is 8.14. The molecule has 0 bridgehead atoms. The molecule has 3 aromatic rings. The van der Waals surface area contributed by atoms with Crippen molar-refractivity contribution in [2.24, 2.45) is 0 Å². The molecular weight excluding hydrogens is 336 g/mol. The zero-order valence-corrected chi connectivity index (χ0v) is 14.0. The van der Waals surface area contributed by atoms with E-state index < -0.39 is 0 Å². The van der Waals surface area contributed by atoms with E-state index in [-0.39, 0.29) is 35.3 Å². The lowest BCUT2D eigenvalue weighted by Crippen LogP contribution is -2.33. The molecule has 1 aliphatic rings. The number of nitrogens with two attached hydrogens (primary N) is 1. The third-order valence-corrected chi connectivity index (χ3v) is 4.31. The minimum atomic E-state index is -0.366. The van der Waals surface area contributed by atoms with Crippen LogP contribution in [0.4, 0.5) is 11.5 Å². The van der Waals surface area contributed by atoms with Crippen LogP contribution >= 0.6 is 0 Å². The van der Waals surface area contributed by atoms with Gasteiger partial charge in [-0.1, -0.05) is 0 Å². The molecule has 1 amide bonds. The van der Waals surface area contributed by atoms with E-state index in [9.17, 15) is 9.59 Å². The number of fused-ring (bicyclic) bond motifs is 2. The Kier molecular flexibility index (Phi) is 3.76. The Morgan fingerprint density at radius 1 is 1.23 bits per heavy atom. The van der Waals surface area contributed by atoms with Crippen molar-refractivity contribution in [2.75, 3.05) is 23.8 Å². The summed E-state index contributed by atoms with van der Waals surface area (Å²) in [7, 11) is 0. The third-order valence-electron chi connectivity index (χ3n) is 4.31. The second-order valence-electron chi connectivity index (χ2n) is 5.78. The Hall–Kier alpha value is -3.49. The smallest absolute Gasteiger partial charge is 0.267 e. The highest BCUT2D eigenvalue weighted by Gasteiger charge is 2.28. The molecule has 0 fully saturated rings. The van der Waals surface area contributed by atoms with Gasteiger partial charge in [0.25, 0.3) is 11.5 Å². The van der Waals surface area contributed by atoms with E-state index in [1.807, 2.05) is 6.92 Å². The number of carbonyl (C=O) groups excluding carboxylic acids is 1. The lowest BCUT2D eigenvalue weighted by Gasteiger charge is -2.20. The summed E-state index contributed by atoms with van der Waals surface area (Å²) in [6, 6.07) is 5.13. The molecule has 1 aliphatic heterocycles. The number of hydrogen-bond acceptors (Lipinski definition) is 7.